The topological polar surface area (TPSA) is 53.5 Å². The van der Waals surface area contributed by atoms with Crippen molar-refractivity contribution in [3.8, 4) is 11.1 Å². The number of hydrogen-bond acceptors (Lipinski definition) is 3. The molecule has 1 heterocycles. The SMILES string of the molecule is C=C(CC1=C(c2ccc(CC)cc2)C(c2ccc(CC)cc2)=NC1)Nc1ccc(-c2ccc(NC(=O)C(C)(C)CC)cc2)cc1. The molecule has 0 aromatic heterocycles. The molecule has 0 saturated carbocycles. The Morgan fingerprint density at radius 2 is 1.16 bits per heavy atom. The molecule has 230 valence electrons. The first kappa shape index (κ1) is 31.7. The highest BCUT2D eigenvalue weighted by Gasteiger charge is 2.25. The van der Waals surface area contributed by atoms with Gasteiger partial charge in [-0.2, -0.15) is 0 Å². The lowest BCUT2D eigenvalue weighted by molar-refractivity contribution is -0.124. The van der Waals surface area contributed by atoms with Crippen LogP contribution in [0, 0.1) is 5.41 Å². The molecule has 4 heteroatoms. The van der Waals surface area contributed by atoms with Crippen molar-refractivity contribution in [2.75, 3.05) is 17.2 Å². The molecule has 45 heavy (non-hydrogen) atoms. The van der Waals surface area contributed by atoms with E-state index in [2.05, 4.69) is 104 Å². The van der Waals surface area contributed by atoms with E-state index in [9.17, 15) is 4.79 Å². The fraction of sp³-hybridized carbons (Fsp3) is 0.268. The minimum atomic E-state index is -0.391. The summed E-state index contributed by atoms with van der Waals surface area (Å²) in [6.45, 7) is 15.4. The van der Waals surface area contributed by atoms with E-state index in [1.165, 1.54) is 27.8 Å². The van der Waals surface area contributed by atoms with E-state index in [1.54, 1.807) is 0 Å². The molecule has 2 N–H and O–H groups in total. The Balaban J connectivity index is 1.29. The third kappa shape index (κ3) is 7.51. The van der Waals surface area contributed by atoms with Crippen LogP contribution in [0.2, 0.25) is 0 Å². The van der Waals surface area contributed by atoms with E-state index in [0.29, 0.717) is 13.0 Å². The zero-order valence-corrected chi connectivity index (χ0v) is 27.3. The van der Waals surface area contributed by atoms with Crippen LogP contribution >= 0.6 is 0 Å². The van der Waals surface area contributed by atoms with Gasteiger partial charge in [0.15, 0.2) is 0 Å². The number of nitrogens with one attached hydrogen (secondary N) is 2. The molecule has 0 aliphatic carbocycles. The van der Waals surface area contributed by atoms with Crippen molar-refractivity contribution in [1.29, 1.82) is 0 Å². The van der Waals surface area contributed by atoms with Crippen LogP contribution in [-0.4, -0.2) is 18.2 Å². The van der Waals surface area contributed by atoms with E-state index >= 15 is 0 Å². The van der Waals surface area contributed by atoms with Crippen LogP contribution in [0.5, 0.6) is 0 Å². The lowest BCUT2D eigenvalue weighted by Gasteiger charge is -2.21. The van der Waals surface area contributed by atoms with Gasteiger partial charge in [-0.1, -0.05) is 114 Å². The molecular weight excluding hydrogens is 550 g/mol. The summed E-state index contributed by atoms with van der Waals surface area (Å²) in [6, 6.07) is 34.1. The zero-order chi connectivity index (χ0) is 32.0. The van der Waals surface area contributed by atoms with E-state index in [1.807, 2.05) is 45.0 Å². The zero-order valence-electron chi connectivity index (χ0n) is 27.3. The molecule has 1 aliphatic rings. The first-order chi connectivity index (χ1) is 21.7. The first-order valence-corrected chi connectivity index (χ1v) is 16.1. The van der Waals surface area contributed by atoms with Gasteiger partial charge in [0.2, 0.25) is 5.91 Å². The largest absolute Gasteiger partial charge is 0.359 e. The van der Waals surface area contributed by atoms with Crippen LogP contribution in [-0.2, 0) is 17.6 Å². The number of rotatable bonds is 12. The van der Waals surface area contributed by atoms with Crippen molar-refractivity contribution in [2.45, 2.75) is 60.3 Å². The molecule has 1 aliphatic heterocycles. The highest BCUT2D eigenvalue weighted by atomic mass is 16.2. The van der Waals surface area contributed by atoms with E-state index < -0.39 is 5.41 Å². The highest BCUT2D eigenvalue weighted by molar-refractivity contribution is 6.34. The molecule has 0 radical (unpaired) electrons. The van der Waals surface area contributed by atoms with Crippen LogP contribution in [0.25, 0.3) is 16.7 Å². The lowest BCUT2D eigenvalue weighted by atomic mass is 9.89. The molecular formula is C41H45N3O. The van der Waals surface area contributed by atoms with Gasteiger partial charge in [-0.3, -0.25) is 9.79 Å². The van der Waals surface area contributed by atoms with Crippen molar-refractivity contribution < 1.29 is 4.79 Å². The second kappa shape index (κ2) is 13.9. The van der Waals surface area contributed by atoms with E-state index in [4.69, 9.17) is 4.99 Å². The van der Waals surface area contributed by atoms with Gasteiger partial charge in [-0.15, -0.1) is 0 Å². The van der Waals surface area contributed by atoms with Crippen LogP contribution in [0.15, 0.2) is 120 Å². The number of amides is 1. The van der Waals surface area contributed by atoms with Crippen LogP contribution in [0.3, 0.4) is 0 Å². The number of aliphatic imine (C=N–C) groups is 1. The summed E-state index contributed by atoms with van der Waals surface area (Å²) in [5.74, 6) is 0.0386. The van der Waals surface area contributed by atoms with Crippen molar-refractivity contribution in [3.63, 3.8) is 0 Å². The molecule has 0 fully saturated rings. The average molecular weight is 596 g/mol. The molecule has 0 unspecified atom stereocenters. The maximum Gasteiger partial charge on any atom is 0.230 e. The minimum Gasteiger partial charge on any atom is -0.359 e. The third-order valence-electron chi connectivity index (χ3n) is 8.91. The molecule has 5 rings (SSSR count). The summed E-state index contributed by atoms with van der Waals surface area (Å²) in [5.41, 5.74) is 13.1. The summed E-state index contributed by atoms with van der Waals surface area (Å²) in [5, 5.41) is 6.57. The summed E-state index contributed by atoms with van der Waals surface area (Å²) in [6.07, 6.45) is 3.55. The Morgan fingerprint density at radius 1 is 0.689 bits per heavy atom. The number of nitrogens with zero attached hydrogens (tertiary/aromatic N) is 1. The maximum absolute atomic E-state index is 12.5. The van der Waals surface area contributed by atoms with E-state index in [0.717, 1.165) is 58.7 Å². The van der Waals surface area contributed by atoms with Crippen molar-refractivity contribution >= 4 is 28.6 Å². The summed E-state index contributed by atoms with van der Waals surface area (Å²) >= 11 is 0. The smallest absolute Gasteiger partial charge is 0.230 e. The molecule has 0 spiro atoms. The van der Waals surface area contributed by atoms with E-state index in [-0.39, 0.29) is 5.91 Å². The van der Waals surface area contributed by atoms with Gasteiger partial charge in [0.1, 0.15) is 0 Å². The normalized spacial score (nSPS) is 13.0. The molecule has 1 amide bonds. The Kier molecular flexibility index (Phi) is 9.83. The van der Waals surface area contributed by atoms with Gasteiger partial charge >= 0.3 is 0 Å². The number of benzene rings is 4. The number of carbonyl (C=O) groups is 1. The number of allylic oxidation sites excluding steroid dienone is 2. The Hall–Kier alpha value is -4.70. The van der Waals surface area contributed by atoms with Crippen LogP contribution < -0.4 is 10.6 Å². The quantitative estimate of drug-likeness (QED) is 0.171. The van der Waals surface area contributed by atoms with Gasteiger partial charge in [0.25, 0.3) is 0 Å². The van der Waals surface area contributed by atoms with Gasteiger partial charge < -0.3 is 10.6 Å². The van der Waals surface area contributed by atoms with Gasteiger partial charge in [-0.25, -0.2) is 0 Å². The third-order valence-corrected chi connectivity index (χ3v) is 8.91. The predicted molar refractivity (Wildman–Crippen MR) is 192 cm³/mol. The average Bonchev–Trinajstić information content (AvgIpc) is 3.48. The van der Waals surface area contributed by atoms with Crippen LogP contribution in [0.1, 0.15) is 69.7 Å². The molecule has 4 nitrogen and oxygen atoms in total. The second-order valence-corrected chi connectivity index (χ2v) is 12.5. The predicted octanol–water partition coefficient (Wildman–Crippen LogP) is 10.1. The van der Waals surface area contributed by atoms with Crippen molar-refractivity contribution in [2.24, 2.45) is 10.4 Å². The number of hydrogen-bond donors (Lipinski definition) is 2. The molecule has 0 saturated heterocycles. The van der Waals surface area contributed by atoms with Gasteiger partial charge in [0.05, 0.1) is 12.3 Å². The molecule has 0 atom stereocenters. The lowest BCUT2D eigenvalue weighted by Crippen LogP contribution is -2.29. The van der Waals surface area contributed by atoms with Crippen LogP contribution in [0.4, 0.5) is 11.4 Å². The second-order valence-electron chi connectivity index (χ2n) is 12.5. The standard InChI is InChI=1S/C41H45N3O/c1-7-29-10-14-33(15-11-29)38-35(27-42-39(38)34-16-12-30(8-2)13-17-34)26-28(4)43-36-22-18-31(19-23-36)32-20-24-37(25-21-32)44-40(45)41(5,6)9-3/h10-25,43H,4,7-9,26-27H2,1-3,5-6H3,(H,44,45). The monoisotopic (exact) mass is 595 g/mol. The highest BCUT2D eigenvalue weighted by Crippen LogP contribution is 2.33. The number of anilines is 2. The summed E-state index contributed by atoms with van der Waals surface area (Å²) in [4.78, 5) is 17.6. The molecule has 4 aromatic carbocycles. The fourth-order valence-electron chi connectivity index (χ4n) is 5.49. The summed E-state index contributed by atoms with van der Waals surface area (Å²) in [7, 11) is 0. The van der Waals surface area contributed by atoms with Crippen molar-refractivity contribution in [1.82, 2.24) is 0 Å². The fourth-order valence-corrected chi connectivity index (χ4v) is 5.49. The maximum atomic E-state index is 12.5. The Morgan fingerprint density at radius 3 is 1.64 bits per heavy atom. The first-order valence-electron chi connectivity index (χ1n) is 16.1. The Labute approximate surface area is 269 Å². The van der Waals surface area contributed by atoms with Gasteiger partial charge in [0, 0.05) is 40.0 Å². The van der Waals surface area contributed by atoms with Gasteiger partial charge in [-0.05, 0) is 76.9 Å². The molecule has 0 bridgehead atoms. The van der Waals surface area contributed by atoms with Crippen molar-refractivity contribution in [3.05, 3.63) is 137 Å². The number of carbonyl (C=O) groups excluding carboxylic acids is 1. The summed E-state index contributed by atoms with van der Waals surface area (Å²) < 4.78 is 0. The minimum absolute atomic E-state index is 0.0386. The Bertz CT molecular complexity index is 1710. The number of aryl methyl sites for hydroxylation is 2. The molecule has 4 aromatic rings.